The maximum absolute atomic E-state index is 12.7. The van der Waals surface area contributed by atoms with Crippen LogP contribution in [0.15, 0.2) is 24.3 Å². The number of rotatable bonds is 8. The second kappa shape index (κ2) is 8.97. The third-order valence-corrected chi connectivity index (χ3v) is 3.54. The molecule has 1 saturated heterocycles. The van der Waals surface area contributed by atoms with E-state index >= 15 is 0 Å². The van der Waals surface area contributed by atoms with Gasteiger partial charge in [0.15, 0.2) is 0 Å². The number of ether oxygens (including phenoxy) is 2. The van der Waals surface area contributed by atoms with Crippen molar-refractivity contribution in [3.63, 3.8) is 0 Å². The summed E-state index contributed by atoms with van der Waals surface area (Å²) in [5, 5.41) is 9.90. The van der Waals surface area contributed by atoms with Crippen LogP contribution in [0.4, 0.5) is 4.39 Å². The number of β-amino-alcohol motifs (C(OH)–C–C–N with tert-alkyl or cyclic N) is 1. The molecule has 1 aliphatic heterocycles. The van der Waals surface area contributed by atoms with Crippen LogP contribution in [-0.4, -0.2) is 55.6 Å². The quantitative estimate of drug-likeness (QED) is 0.746. The number of likely N-dealkylation sites (tertiary alicyclic amines) is 1. The Morgan fingerprint density at radius 3 is 2.52 bits per heavy atom. The number of piperidine rings is 1. The maximum atomic E-state index is 12.7. The van der Waals surface area contributed by atoms with Gasteiger partial charge in [0.2, 0.25) is 0 Å². The molecule has 1 aliphatic rings. The number of hydrogen-bond acceptors (Lipinski definition) is 4. The van der Waals surface area contributed by atoms with Crippen molar-refractivity contribution in [3.8, 4) is 5.75 Å². The highest BCUT2D eigenvalue weighted by molar-refractivity contribution is 5.21. The van der Waals surface area contributed by atoms with Gasteiger partial charge >= 0.3 is 0 Å². The van der Waals surface area contributed by atoms with Gasteiger partial charge in [-0.05, 0) is 50.2 Å². The standard InChI is InChI=1S/C16H24FNO3/c17-14-4-6-16(7-5-14)21-11-10-20-13-15(19)12-18-8-2-1-3-9-18/h4-7,15,19H,1-3,8-13H2/t15-/m1/s1. The van der Waals surface area contributed by atoms with E-state index in [0.29, 0.717) is 32.1 Å². The smallest absolute Gasteiger partial charge is 0.123 e. The van der Waals surface area contributed by atoms with E-state index in [4.69, 9.17) is 9.47 Å². The summed E-state index contributed by atoms with van der Waals surface area (Å²) in [7, 11) is 0. The van der Waals surface area contributed by atoms with Gasteiger partial charge in [0.1, 0.15) is 18.2 Å². The van der Waals surface area contributed by atoms with E-state index in [0.717, 1.165) is 13.1 Å². The van der Waals surface area contributed by atoms with Gasteiger partial charge in [-0.3, -0.25) is 0 Å². The van der Waals surface area contributed by atoms with Gasteiger partial charge in [-0.2, -0.15) is 0 Å². The van der Waals surface area contributed by atoms with E-state index in [1.165, 1.54) is 31.4 Å². The lowest BCUT2D eigenvalue weighted by Gasteiger charge is -2.28. The van der Waals surface area contributed by atoms with Crippen molar-refractivity contribution in [2.75, 3.05) is 39.5 Å². The summed E-state index contributed by atoms with van der Waals surface area (Å²) >= 11 is 0. The Hall–Kier alpha value is -1.17. The summed E-state index contributed by atoms with van der Waals surface area (Å²) in [4.78, 5) is 2.28. The number of aliphatic hydroxyl groups excluding tert-OH is 1. The van der Waals surface area contributed by atoms with E-state index in [-0.39, 0.29) is 5.82 Å². The minimum atomic E-state index is -0.450. The molecule has 0 bridgehead atoms. The molecular weight excluding hydrogens is 273 g/mol. The molecule has 0 radical (unpaired) electrons. The van der Waals surface area contributed by atoms with E-state index < -0.39 is 6.10 Å². The summed E-state index contributed by atoms with van der Waals surface area (Å²) in [6, 6.07) is 5.89. The van der Waals surface area contributed by atoms with E-state index in [9.17, 15) is 9.50 Å². The van der Waals surface area contributed by atoms with Gasteiger partial charge in [0.25, 0.3) is 0 Å². The van der Waals surface area contributed by atoms with Crippen molar-refractivity contribution < 1.29 is 19.0 Å². The molecule has 0 spiro atoms. The fraction of sp³-hybridized carbons (Fsp3) is 0.625. The molecule has 0 saturated carbocycles. The fourth-order valence-corrected chi connectivity index (χ4v) is 2.46. The van der Waals surface area contributed by atoms with Crippen LogP contribution in [0.5, 0.6) is 5.75 Å². The Bertz CT molecular complexity index is 393. The molecular formula is C16H24FNO3. The Morgan fingerprint density at radius 2 is 1.81 bits per heavy atom. The molecule has 118 valence electrons. The Balaban J connectivity index is 1.51. The summed E-state index contributed by atoms with van der Waals surface area (Å²) in [6.07, 6.45) is 3.29. The molecule has 1 atom stereocenters. The van der Waals surface area contributed by atoms with Crippen LogP contribution in [0.25, 0.3) is 0 Å². The normalized spacial score (nSPS) is 17.6. The van der Waals surface area contributed by atoms with Crippen LogP contribution in [0.3, 0.4) is 0 Å². The highest BCUT2D eigenvalue weighted by Gasteiger charge is 2.14. The number of benzene rings is 1. The Labute approximate surface area is 125 Å². The average molecular weight is 297 g/mol. The van der Waals surface area contributed by atoms with Gasteiger partial charge in [0.05, 0.1) is 19.3 Å². The first-order valence-electron chi connectivity index (χ1n) is 7.60. The molecule has 1 N–H and O–H groups in total. The van der Waals surface area contributed by atoms with Gasteiger partial charge in [-0.1, -0.05) is 6.42 Å². The van der Waals surface area contributed by atoms with Crippen molar-refractivity contribution in [2.45, 2.75) is 25.4 Å². The topological polar surface area (TPSA) is 41.9 Å². The predicted molar refractivity (Wildman–Crippen MR) is 79.0 cm³/mol. The lowest BCUT2D eigenvalue weighted by atomic mass is 10.1. The first-order chi connectivity index (χ1) is 10.2. The summed E-state index contributed by atoms with van der Waals surface area (Å²) in [6.45, 7) is 3.95. The molecule has 1 fully saturated rings. The number of hydrogen-bond donors (Lipinski definition) is 1. The van der Waals surface area contributed by atoms with Crippen molar-refractivity contribution in [3.05, 3.63) is 30.1 Å². The molecule has 1 aromatic carbocycles. The summed E-state index contributed by atoms with van der Waals surface area (Å²) in [5.41, 5.74) is 0. The van der Waals surface area contributed by atoms with E-state index in [1.807, 2.05) is 0 Å². The maximum Gasteiger partial charge on any atom is 0.123 e. The SMILES string of the molecule is O[C@@H](COCCOc1ccc(F)cc1)CN1CCCCC1. The zero-order valence-corrected chi connectivity index (χ0v) is 12.3. The van der Waals surface area contributed by atoms with Gasteiger partial charge < -0.3 is 19.5 Å². The largest absolute Gasteiger partial charge is 0.491 e. The van der Waals surface area contributed by atoms with Crippen LogP contribution in [0.1, 0.15) is 19.3 Å². The number of nitrogens with zero attached hydrogens (tertiary/aromatic N) is 1. The van der Waals surface area contributed by atoms with Crippen LogP contribution in [0.2, 0.25) is 0 Å². The Morgan fingerprint density at radius 1 is 1.10 bits per heavy atom. The third kappa shape index (κ3) is 6.42. The highest BCUT2D eigenvalue weighted by atomic mass is 19.1. The molecule has 0 aromatic heterocycles. The summed E-state index contributed by atoms with van der Waals surface area (Å²) < 4.78 is 23.5. The highest BCUT2D eigenvalue weighted by Crippen LogP contribution is 2.11. The molecule has 21 heavy (non-hydrogen) atoms. The second-order valence-corrected chi connectivity index (χ2v) is 5.39. The van der Waals surface area contributed by atoms with Crippen molar-refractivity contribution in [2.24, 2.45) is 0 Å². The Kier molecular flexibility index (Phi) is 6.92. The lowest BCUT2D eigenvalue weighted by Crippen LogP contribution is -2.38. The number of aliphatic hydroxyl groups is 1. The van der Waals surface area contributed by atoms with Crippen molar-refractivity contribution >= 4 is 0 Å². The predicted octanol–water partition coefficient (Wildman–Crippen LogP) is 2.07. The van der Waals surface area contributed by atoms with E-state index in [2.05, 4.69) is 4.90 Å². The van der Waals surface area contributed by atoms with Crippen LogP contribution in [0, 0.1) is 5.82 Å². The zero-order valence-electron chi connectivity index (χ0n) is 12.3. The minimum Gasteiger partial charge on any atom is -0.491 e. The zero-order chi connectivity index (χ0) is 14.9. The first kappa shape index (κ1) is 16.2. The van der Waals surface area contributed by atoms with Gasteiger partial charge in [0, 0.05) is 6.54 Å². The van der Waals surface area contributed by atoms with Gasteiger partial charge in [-0.15, -0.1) is 0 Å². The molecule has 2 rings (SSSR count). The first-order valence-corrected chi connectivity index (χ1v) is 7.60. The number of halogens is 1. The lowest BCUT2D eigenvalue weighted by molar-refractivity contribution is 0.00533. The fourth-order valence-electron chi connectivity index (χ4n) is 2.46. The van der Waals surface area contributed by atoms with Crippen LogP contribution < -0.4 is 4.74 Å². The monoisotopic (exact) mass is 297 g/mol. The average Bonchev–Trinajstić information content (AvgIpc) is 2.50. The molecule has 4 nitrogen and oxygen atoms in total. The minimum absolute atomic E-state index is 0.278. The molecule has 0 amide bonds. The van der Waals surface area contributed by atoms with Crippen LogP contribution in [-0.2, 0) is 4.74 Å². The van der Waals surface area contributed by atoms with Crippen LogP contribution >= 0.6 is 0 Å². The summed E-state index contributed by atoms with van der Waals surface area (Å²) in [5.74, 6) is 0.341. The molecule has 0 aliphatic carbocycles. The van der Waals surface area contributed by atoms with Crippen molar-refractivity contribution in [1.29, 1.82) is 0 Å². The molecule has 0 unspecified atom stereocenters. The molecule has 1 heterocycles. The van der Waals surface area contributed by atoms with Gasteiger partial charge in [-0.25, -0.2) is 4.39 Å². The van der Waals surface area contributed by atoms with E-state index in [1.54, 1.807) is 12.1 Å². The molecule has 1 aromatic rings. The second-order valence-electron chi connectivity index (χ2n) is 5.39. The van der Waals surface area contributed by atoms with Crippen molar-refractivity contribution in [1.82, 2.24) is 4.90 Å². The molecule has 5 heteroatoms. The third-order valence-electron chi connectivity index (χ3n) is 3.54.